The maximum Gasteiger partial charge on any atom is 0.345 e. The zero-order valence-electron chi connectivity index (χ0n) is 13.8. The lowest BCUT2D eigenvalue weighted by Crippen LogP contribution is -2.02. The number of aromatic nitrogens is 1. The first-order valence-electron chi connectivity index (χ1n) is 8.00. The van der Waals surface area contributed by atoms with Gasteiger partial charge in [0.1, 0.15) is 22.5 Å². The molecule has 4 rings (SSSR count). The van der Waals surface area contributed by atoms with Crippen molar-refractivity contribution >= 4 is 34.0 Å². The van der Waals surface area contributed by atoms with Crippen molar-refractivity contribution in [2.24, 2.45) is 0 Å². The minimum absolute atomic E-state index is 0.336. The molecule has 0 unspecified atom stereocenters. The lowest BCUT2D eigenvalue weighted by atomic mass is 10.1. The fourth-order valence-electron chi connectivity index (χ4n) is 2.63. The molecule has 0 saturated carbocycles. The highest BCUT2D eigenvalue weighted by Crippen LogP contribution is 2.27. The van der Waals surface area contributed by atoms with Crippen molar-refractivity contribution in [1.29, 1.82) is 5.26 Å². The van der Waals surface area contributed by atoms with E-state index in [0.29, 0.717) is 33.0 Å². The molecule has 4 nitrogen and oxygen atoms in total. The first kappa shape index (κ1) is 16.9. The van der Waals surface area contributed by atoms with Crippen LogP contribution in [-0.4, -0.2) is 4.98 Å². The highest BCUT2D eigenvalue weighted by Gasteiger charge is 2.13. The molecule has 0 radical (unpaired) electrons. The third-order valence-electron chi connectivity index (χ3n) is 3.95. The summed E-state index contributed by atoms with van der Waals surface area (Å²) in [6.45, 7) is 0. The second-order valence-electron chi connectivity index (χ2n) is 5.74. The fourth-order valence-corrected chi connectivity index (χ4v) is 3.41. The molecule has 0 aliphatic rings. The van der Waals surface area contributed by atoms with Crippen molar-refractivity contribution in [1.82, 2.24) is 4.98 Å². The molecule has 2 aromatic heterocycles. The molecule has 0 amide bonds. The Morgan fingerprint density at radius 2 is 1.96 bits per heavy atom. The van der Waals surface area contributed by atoms with Gasteiger partial charge in [0, 0.05) is 10.8 Å². The van der Waals surface area contributed by atoms with Crippen molar-refractivity contribution in [3.8, 4) is 17.3 Å². The smallest absolute Gasteiger partial charge is 0.345 e. The Kier molecular flexibility index (Phi) is 4.37. The Labute approximate surface area is 157 Å². The van der Waals surface area contributed by atoms with E-state index in [1.54, 1.807) is 41.8 Å². The lowest BCUT2D eigenvalue weighted by Gasteiger charge is -1.99. The summed E-state index contributed by atoms with van der Waals surface area (Å²) in [5, 5.41) is 12.5. The molecule has 0 bridgehead atoms. The van der Waals surface area contributed by atoms with E-state index >= 15 is 0 Å². The van der Waals surface area contributed by atoms with Crippen LogP contribution in [0.5, 0.6) is 0 Å². The molecule has 0 saturated heterocycles. The van der Waals surface area contributed by atoms with Crippen LogP contribution in [0.1, 0.15) is 10.6 Å². The number of hydrogen-bond acceptors (Lipinski definition) is 5. The summed E-state index contributed by atoms with van der Waals surface area (Å²) >= 11 is 1.26. The molecule has 0 N–H and O–H groups in total. The number of benzene rings is 2. The zero-order chi connectivity index (χ0) is 18.8. The molecular weight excluding hydrogens is 363 g/mol. The van der Waals surface area contributed by atoms with Crippen LogP contribution in [0, 0.1) is 17.1 Å². The predicted molar refractivity (Wildman–Crippen MR) is 103 cm³/mol. The number of hydrogen-bond donors (Lipinski definition) is 0. The number of nitrogens with zero attached hydrogens (tertiary/aromatic N) is 2. The third kappa shape index (κ3) is 3.41. The van der Waals surface area contributed by atoms with Gasteiger partial charge in [-0.2, -0.15) is 5.26 Å². The number of halogens is 1. The average molecular weight is 374 g/mol. The number of fused-ring (bicyclic) bond motifs is 1. The maximum absolute atomic E-state index is 13.0. The predicted octanol–water partition coefficient (Wildman–Crippen LogP) is 5.12. The molecule has 0 fully saturated rings. The SMILES string of the molecule is N#CC(=Cc1ccc(F)cc1)c1nc(-c2cc3ccccc3oc2=O)cs1. The van der Waals surface area contributed by atoms with Gasteiger partial charge in [-0.05, 0) is 35.9 Å². The standard InChI is InChI=1S/C21H11FN2O2S/c22-16-7-5-13(6-8-16)9-15(11-23)20-24-18(12-27-20)17-10-14-3-1-2-4-19(14)26-21(17)25/h1-10,12H. The van der Waals surface area contributed by atoms with Gasteiger partial charge in [0.2, 0.25) is 0 Å². The van der Waals surface area contributed by atoms with E-state index in [1.807, 2.05) is 12.1 Å². The second-order valence-corrected chi connectivity index (χ2v) is 6.60. The van der Waals surface area contributed by atoms with E-state index in [0.717, 1.165) is 5.39 Å². The van der Waals surface area contributed by atoms with E-state index < -0.39 is 5.63 Å². The first-order valence-corrected chi connectivity index (χ1v) is 8.88. The number of para-hydroxylation sites is 1. The van der Waals surface area contributed by atoms with Gasteiger partial charge in [0.05, 0.1) is 16.8 Å². The number of nitriles is 1. The normalized spacial score (nSPS) is 11.5. The Bertz CT molecular complexity index is 1260. The summed E-state index contributed by atoms with van der Waals surface area (Å²) in [6, 6.07) is 16.9. The summed E-state index contributed by atoms with van der Waals surface area (Å²) in [7, 11) is 0. The molecule has 0 aliphatic carbocycles. The molecular formula is C21H11FN2O2S. The lowest BCUT2D eigenvalue weighted by molar-refractivity contribution is 0.563. The Hall–Kier alpha value is -3.56. The van der Waals surface area contributed by atoms with E-state index in [9.17, 15) is 14.4 Å². The van der Waals surface area contributed by atoms with E-state index in [2.05, 4.69) is 11.1 Å². The Morgan fingerprint density at radius 3 is 2.74 bits per heavy atom. The highest BCUT2D eigenvalue weighted by molar-refractivity contribution is 7.11. The van der Waals surface area contributed by atoms with Gasteiger partial charge >= 0.3 is 5.63 Å². The van der Waals surface area contributed by atoms with Crippen molar-refractivity contribution in [3.05, 3.63) is 86.8 Å². The summed E-state index contributed by atoms with van der Waals surface area (Å²) in [5.74, 6) is -0.342. The number of allylic oxidation sites excluding steroid dienone is 1. The number of rotatable bonds is 3. The summed E-state index contributed by atoms with van der Waals surface area (Å²) in [4.78, 5) is 16.7. The monoisotopic (exact) mass is 374 g/mol. The highest BCUT2D eigenvalue weighted by atomic mass is 32.1. The van der Waals surface area contributed by atoms with Gasteiger partial charge in [0.25, 0.3) is 0 Å². The topological polar surface area (TPSA) is 66.9 Å². The van der Waals surface area contributed by atoms with Crippen LogP contribution in [0.15, 0.2) is 69.2 Å². The number of thiazole rings is 1. The van der Waals surface area contributed by atoms with Crippen molar-refractivity contribution in [3.63, 3.8) is 0 Å². The Balaban J connectivity index is 1.75. The molecule has 2 heterocycles. The van der Waals surface area contributed by atoms with Gasteiger partial charge in [0.15, 0.2) is 0 Å². The van der Waals surface area contributed by atoms with Crippen LogP contribution in [0.3, 0.4) is 0 Å². The average Bonchev–Trinajstić information content (AvgIpc) is 3.16. The molecule has 130 valence electrons. The van der Waals surface area contributed by atoms with E-state index in [1.165, 1.54) is 23.5 Å². The van der Waals surface area contributed by atoms with Crippen LogP contribution >= 0.6 is 11.3 Å². The van der Waals surface area contributed by atoms with Crippen LogP contribution in [0.25, 0.3) is 33.9 Å². The van der Waals surface area contributed by atoms with Crippen LogP contribution < -0.4 is 5.63 Å². The van der Waals surface area contributed by atoms with E-state index in [4.69, 9.17) is 4.42 Å². The minimum Gasteiger partial charge on any atom is -0.422 e. The Morgan fingerprint density at radius 1 is 1.19 bits per heavy atom. The van der Waals surface area contributed by atoms with Gasteiger partial charge in [-0.1, -0.05) is 30.3 Å². The second kappa shape index (κ2) is 6.98. The van der Waals surface area contributed by atoms with Gasteiger partial charge in [-0.15, -0.1) is 11.3 Å². The van der Waals surface area contributed by atoms with E-state index in [-0.39, 0.29) is 5.82 Å². The molecule has 0 atom stereocenters. The maximum atomic E-state index is 13.0. The summed E-state index contributed by atoms with van der Waals surface area (Å²) in [5.41, 5.74) is 1.85. The fraction of sp³-hybridized carbons (Fsp3) is 0. The van der Waals surface area contributed by atoms with Crippen LogP contribution in [0.2, 0.25) is 0 Å². The molecule has 0 aliphatic heterocycles. The molecule has 6 heteroatoms. The van der Waals surface area contributed by atoms with Crippen LogP contribution in [0.4, 0.5) is 4.39 Å². The van der Waals surface area contributed by atoms with Crippen molar-refractivity contribution in [2.75, 3.05) is 0 Å². The zero-order valence-corrected chi connectivity index (χ0v) is 14.7. The van der Waals surface area contributed by atoms with Crippen molar-refractivity contribution < 1.29 is 8.81 Å². The van der Waals surface area contributed by atoms with Gasteiger partial charge in [-0.3, -0.25) is 0 Å². The summed E-state index contributed by atoms with van der Waals surface area (Å²) in [6.07, 6.45) is 1.63. The van der Waals surface area contributed by atoms with Crippen molar-refractivity contribution in [2.45, 2.75) is 0 Å². The quantitative estimate of drug-likeness (QED) is 0.369. The molecule has 4 aromatic rings. The molecule has 27 heavy (non-hydrogen) atoms. The van der Waals surface area contributed by atoms with Crippen LogP contribution in [-0.2, 0) is 0 Å². The first-order chi connectivity index (χ1) is 13.1. The van der Waals surface area contributed by atoms with Gasteiger partial charge < -0.3 is 4.42 Å². The third-order valence-corrected chi connectivity index (χ3v) is 4.83. The largest absolute Gasteiger partial charge is 0.422 e. The summed E-state index contributed by atoms with van der Waals surface area (Å²) < 4.78 is 18.4. The minimum atomic E-state index is -0.480. The molecule has 0 spiro atoms. The van der Waals surface area contributed by atoms with Gasteiger partial charge in [-0.25, -0.2) is 14.2 Å². The molecule has 2 aromatic carbocycles.